The van der Waals surface area contributed by atoms with Crippen LogP contribution in [0.5, 0.6) is 0 Å². The molecule has 2 unspecified atom stereocenters. The fraction of sp³-hybridized carbons (Fsp3) is 0.645. The highest BCUT2D eigenvalue weighted by atomic mass is 31.2. The first-order valence-corrected chi connectivity index (χ1v) is 29.7. The molecule has 2 atom stereocenters. The minimum absolute atomic E-state index is 0.0459. The predicted molar refractivity (Wildman–Crippen MR) is 305 cm³/mol. The van der Waals surface area contributed by atoms with Crippen LogP contribution >= 0.6 is 7.82 Å². The van der Waals surface area contributed by atoms with Crippen molar-refractivity contribution in [2.24, 2.45) is 0 Å². The van der Waals surface area contributed by atoms with E-state index >= 15 is 0 Å². The van der Waals surface area contributed by atoms with Crippen LogP contribution in [0, 0.1) is 0 Å². The van der Waals surface area contributed by atoms with Crippen LogP contribution in [0.4, 0.5) is 0 Å². The first-order valence-electron chi connectivity index (χ1n) is 28.2. The van der Waals surface area contributed by atoms with Crippen molar-refractivity contribution in [3.05, 3.63) is 122 Å². The predicted octanol–water partition coefficient (Wildman–Crippen LogP) is 17.0. The number of carbonyl (C=O) groups excluding carboxylic acids is 2. The molecule has 0 saturated heterocycles. The summed E-state index contributed by atoms with van der Waals surface area (Å²) < 4.78 is 34.1. The molecule has 0 heterocycles. The lowest BCUT2D eigenvalue weighted by atomic mass is 10.0. The van der Waals surface area contributed by atoms with Crippen LogP contribution in [0.2, 0.25) is 0 Å². The molecule has 0 bridgehead atoms. The minimum atomic E-state index is -4.66. The highest BCUT2D eigenvalue weighted by Gasteiger charge is 2.21. The third kappa shape index (κ3) is 55.7. The van der Waals surface area contributed by atoms with Gasteiger partial charge in [0, 0.05) is 12.8 Å². The summed E-state index contributed by atoms with van der Waals surface area (Å²) in [6, 6.07) is 0. The fourth-order valence-electron chi connectivity index (χ4n) is 7.18. The zero-order valence-corrected chi connectivity index (χ0v) is 47.2. The lowest BCUT2D eigenvalue weighted by Gasteiger charge is -2.28. The summed E-state index contributed by atoms with van der Waals surface area (Å²) in [5.41, 5.74) is 0. The Kier molecular flexibility index (Phi) is 49.7. The van der Waals surface area contributed by atoms with Crippen LogP contribution in [0.25, 0.3) is 0 Å². The van der Waals surface area contributed by atoms with Crippen molar-refractivity contribution in [3.8, 4) is 0 Å². The first kappa shape index (κ1) is 68.4. The van der Waals surface area contributed by atoms with E-state index in [0.29, 0.717) is 17.4 Å². The summed E-state index contributed by atoms with van der Waals surface area (Å²) in [5.74, 6) is -0.892. The van der Waals surface area contributed by atoms with Gasteiger partial charge in [-0.3, -0.25) is 14.2 Å². The molecule has 0 aliphatic heterocycles. The van der Waals surface area contributed by atoms with E-state index < -0.39 is 32.5 Å². The lowest BCUT2D eigenvalue weighted by molar-refractivity contribution is -0.870. The van der Waals surface area contributed by atoms with Gasteiger partial charge in [0.2, 0.25) is 0 Å². The monoisotopic (exact) mass is 1020 g/mol. The SMILES string of the molecule is CC/C=C\C/C=C\C/C=C\C/C=C\C/C=C\C/C=C\CCCCC(=O)OC(COC(=O)CCCCCCCCCCCCCCCC/C=C\C/C=C\C/C=C\C/C=C\CC)COP(=O)([O-])OCC[N+](C)(C)C. The highest BCUT2D eigenvalue weighted by Crippen LogP contribution is 2.38. The maximum absolute atomic E-state index is 12.8. The molecule has 0 aliphatic rings. The van der Waals surface area contributed by atoms with Crippen LogP contribution in [-0.4, -0.2) is 70.0 Å². The largest absolute Gasteiger partial charge is 0.756 e. The third-order valence-corrected chi connectivity index (χ3v) is 12.4. The van der Waals surface area contributed by atoms with Crippen molar-refractivity contribution in [1.82, 2.24) is 0 Å². The molecule has 0 N–H and O–H groups in total. The second-order valence-corrected chi connectivity index (χ2v) is 20.9. The lowest BCUT2D eigenvalue weighted by Crippen LogP contribution is -2.37. The van der Waals surface area contributed by atoms with E-state index in [0.717, 1.165) is 103 Å². The van der Waals surface area contributed by atoms with E-state index in [1.165, 1.54) is 70.6 Å². The summed E-state index contributed by atoms with van der Waals surface area (Å²) in [4.78, 5) is 37.8. The molecule has 0 fully saturated rings. The Balaban J connectivity index is 4.25. The van der Waals surface area contributed by atoms with Gasteiger partial charge in [-0.2, -0.15) is 0 Å². The molecule has 0 aliphatic carbocycles. The van der Waals surface area contributed by atoms with Crippen LogP contribution in [0.15, 0.2) is 122 Å². The molecule has 0 spiro atoms. The van der Waals surface area contributed by atoms with E-state index in [9.17, 15) is 19.0 Å². The van der Waals surface area contributed by atoms with Gasteiger partial charge in [0.25, 0.3) is 7.82 Å². The number of phosphoric acid groups is 1. The van der Waals surface area contributed by atoms with Crippen molar-refractivity contribution < 1.29 is 42.1 Å². The first-order chi connectivity index (χ1) is 35.0. The van der Waals surface area contributed by atoms with E-state index in [1.54, 1.807) is 0 Å². The average Bonchev–Trinajstić information content (AvgIpc) is 3.34. The fourth-order valence-corrected chi connectivity index (χ4v) is 7.91. The summed E-state index contributed by atoms with van der Waals surface area (Å²) in [6.07, 6.45) is 73.9. The molecule has 10 heteroatoms. The van der Waals surface area contributed by atoms with Gasteiger partial charge in [-0.05, 0) is 103 Å². The number of unbranched alkanes of at least 4 members (excludes halogenated alkanes) is 16. The number of ether oxygens (including phenoxy) is 2. The molecule has 9 nitrogen and oxygen atoms in total. The van der Waals surface area contributed by atoms with Crippen LogP contribution in [-0.2, 0) is 32.7 Å². The molecule has 72 heavy (non-hydrogen) atoms. The van der Waals surface area contributed by atoms with E-state index in [1.807, 2.05) is 21.1 Å². The van der Waals surface area contributed by atoms with Crippen molar-refractivity contribution >= 4 is 19.8 Å². The number of rotatable bonds is 50. The standard InChI is InChI=1S/C62H104NO8P/c1-6-8-10-12-14-16-18-20-22-24-26-28-29-30-31-32-33-35-36-38-40-42-44-46-48-50-52-54-61(64)68-58-60(59-70-72(66,67)69-57-56-63(3,4)5)71-62(65)55-53-51-49-47-45-43-41-39-37-34-27-25-23-21-19-17-15-13-11-9-7-2/h8-11,14-17,20-23,26-28,34,39,41,45,47,60H,6-7,12-13,18-19,24-25,29-33,35-38,40,42-44,46,48-59H2,1-5H3/b10-8-,11-9-,16-14-,17-15-,22-20-,23-21-,28-26-,34-27-,41-39-,47-45-. The van der Waals surface area contributed by atoms with E-state index in [2.05, 4.69) is 135 Å². The number of likely N-dealkylation sites (N-methyl/N-ethyl adjacent to an activating group) is 1. The maximum Gasteiger partial charge on any atom is 0.306 e. The number of hydrogen-bond acceptors (Lipinski definition) is 8. The topological polar surface area (TPSA) is 111 Å². The normalized spacial score (nSPS) is 14.2. The summed E-state index contributed by atoms with van der Waals surface area (Å²) in [7, 11) is 1.12. The van der Waals surface area contributed by atoms with Crippen LogP contribution in [0.3, 0.4) is 0 Å². The van der Waals surface area contributed by atoms with Crippen molar-refractivity contribution in [3.63, 3.8) is 0 Å². The molecular weight excluding hydrogens is 918 g/mol. The number of phosphoric ester groups is 1. The Morgan fingerprint density at radius 3 is 1.14 bits per heavy atom. The maximum atomic E-state index is 12.8. The number of esters is 2. The van der Waals surface area contributed by atoms with Gasteiger partial charge in [-0.1, -0.05) is 212 Å². The van der Waals surface area contributed by atoms with Crippen molar-refractivity contribution in [2.75, 3.05) is 47.5 Å². The molecule has 0 amide bonds. The number of carbonyl (C=O) groups is 2. The molecule has 0 saturated carbocycles. The summed E-state index contributed by atoms with van der Waals surface area (Å²) >= 11 is 0. The highest BCUT2D eigenvalue weighted by molar-refractivity contribution is 7.45. The van der Waals surface area contributed by atoms with Crippen molar-refractivity contribution in [2.45, 2.75) is 213 Å². The van der Waals surface area contributed by atoms with Gasteiger partial charge >= 0.3 is 11.9 Å². The van der Waals surface area contributed by atoms with Crippen LogP contribution in [0.1, 0.15) is 206 Å². The second-order valence-electron chi connectivity index (χ2n) is 19.5. The van der Waals surface area contributed by atoms with Gasteiger partial charge in [-0.15, -0.1) is 0 Å². The minimum Gasteiger partial charge on any atom is -0.756 e. The molecule has 0 aromatic rings. The number of quaternary nitrogens is 1. The summed E-state index contributed by atoms with van der Waals surface area (Å²) in [5, 5.41) is 0. The van der Waals surface area contributed by atoms with Gasteiger partial charge in [-0.25, -0.2) is 0 Å². The van der Waals surface area contributed by atoms with Gasteiger partial charge < -0.3 is 27.9 Å². The molecule has 0 rings (SSSR count). The summed E-state index contributed by atoms with van der Waals surface area (Å²) in [6.45, 7) is 3.95. The molecular formula is C62H104NO8P. The zero-order valence-electron chi connectivity index (χ0n) is 46.3. The number of allylic oxidation sites excluding steroid dienone is 20. The van der Waals surface area contributed by atoms with E-state index in [-0.39, 0.29) is 26.1 Å². The molecule has 410 valence electrons. The Morgan fingerprint density at radius 1 is 0.431 bits per heavy atom. The zero-order chi connectivity index (χ0) is 52.7. The Morgan fingerprint density at radius 2 is 0.750 bits per heavy atom. The number of nitrogens with zero attached hydrogens (tertiary/aromatic N) is 1. The Labute approximate surface area is 441 Å². The average molecular weight is 1020 g/mol. The number of hydrogen-bond donors (Lipinski definition) is 0. The quantitative estimate of drug-likeness (QED) is 0.0195. The van der Waals surface area contributed by atoms with Gasteiger partial charge in [0.15, 0.2) is 6.10 Å². The van der Waals surface area contributed by atoms with Crippen molar-refractivity contribution in [1.29, 1.82) is 0 Å². The molecule has 0 aromatic heterocycles. The van der Waals surface area contributed by atoms with Gasteiger partial charge in [0.05, 0.1) is 27.7 Å². The molecule has 0 aromatic carbocycles. The Hall–Kier alpha value is -3.59. The van der Waals surface area contributed by atoms with E-state index in [4.69, 9.17) is 18.5 Å². The smallest absolute Gasteiger partial charge is 0.306 e. The van der Waals surface area contributed by atoms with Gasteiger partial charge in [0.1, 0.15) is 19.8 Å². The third-order valence-electron chi connectivity index (χ3n) is 11.5. The molecule has 0 radical (unpaired) electrons. The van der Waals surface area contributed by atoms with Crippen LogP contribution < -0.4 is 4.89 Å². The Bertz CT molecular complexity index is 1630. The second kappa shape index (κ2) is 52.3.